The van der Waals surface area contributed by atoms with E-state index in [2.05, 4.69) is 31.9 Å². The van der Waals surface area contributed by atoms with Crippen molar-refractivity contribution in [3.05, 3.63) is 91.6 Å². The number of rotatable bonds is 3. The molecule has 32 heavy (non-hydrogen) atoms. The summed E-state index contributed by atoms with van der Waals surface area (Å²) in [7, 11) is 0. The molecular weight excluding hydrogens is 544 g/mol. The van der Waals surface area contributed by atoms with E-state index in [1.165, 1.54) is 6.07 Å². The Kier molecular flexibility index (Phi) is 5.58. The monoisotopic (exact) mass is 556 g/mol. The summed E-state index contributed by atoms with van der Waals surface area (Å²) in [6.07, 6.45) is 1.64. The maximum absolute atomic E-state index is 12.9. The molecule has 0 radical (unpaired) electrons. The topological polar surface area (TPSA) is 71.1 Å². The van der Waals surface area contributed by atoms with E-state index in [9.17, 15) is 9.59 Å². The normalized spacial score (nSPS) is 15.6. The number of ether oxygens (including phenoxy) is 4. The van der Waals surface area contributed by atoms with Gasteiger partial charge in [-0.15, -0.1) is 0 Å². The second kappa shape index (κ2) is 8.54. The van der Waals surface area contributed by atoms with Gasteiger partial charge in [-0.05, 0) is 58.4 Å². The van der Waals surface area contributed by atoms with Crippen molar-refractivity contribution >= 4 is 49.7 Å². The first-order valence-electron chi connectivity index (χ1n) is 9.57. The predicted molar refractivity (Wildman–Crippen MR) is 123 cm³/mol. The first kappa shape index (κ1) is 20.9. The smallest absolute Gasteiger partial charge is 0.344 e. The van der Waals surface area contributed by atoms with Crippen LogP contribution < -0.4 is 14.2 Å². The highest BCUT2D eigenvalue weighted by molar-refractivity contribution is 9.10. The molecule has 0 saturated heterocycles. The summed E-state index contributed by atoms with van der Waals surface area (Å²) < 4.78 is 23.7. The molecule has 0 atom stereocenters. The van der Waals surface area contributed by atoms with Crippen LogP contribution in [0.4, 0.5) is 0 Å². The van der Waals surface area contributed by atoms with Gasteiger partial charge in [0, 0.05) is 26.1 Å². The van der Waals surface area contributed by atoms with Crippen LogP contribution in [0.25, 0.3) is 6.08 Å². The highest BCUT2D eigenvalue weighted by atomic mass is 79.9. The quantitative estimate of drug-likeness (QED) is 0.226. The van der Waals surface area contributed by atoms with Crippen LogP contribution in [0.1, 0.15) is 31.8 Å². The lowest BCUT2D eigenvalue weighted by atomic mass is 10.1. The molecule has 0 unspecified atom stereocenters. The molecule has 0 amide bonds. The van der Waals surface area contributed by atoms with Crippen molar-refractivity contribution in [1.82, 2.24) is 0 Å². The molecule has 6 nitrogen and oxygen atoms in total. The SMILES string of the molecule is O=C(Oc1ccc2c(c1)O/C(=C\c1cc(Br)cc3c1OCOC3)C2=O)c1ccccc1Br. The summed E-state index contributed by atoms with van der Waals surface area (Å²) in [6.45, 7) is 0.568. The Hall–Kier alpha value is -2.94. The van der Waals surface area contributed by atoms with Crippen molar-refractivity contribution in [2.75, 3.05) is 6.79 Å². The average molecular weight is 558 g/mol. The number of carbonyl (C=O) groups excluding carboxylic acids is 2. The minimum absolute atomic E-state index is 0.145. The largest absolute Gasteiger partial charge is 0.467 e. The number of hydrogen-bond donors (Lipinski definition) is 0. The number of Topliss-reactive ketones (excluding diaryl/α,β-unsaturated/α-hetero) is 1. The van der Waals surface area contributed by atoms with Crippen LogP contribution in [0.5, 0.6) is 17.2 Å². The molecule has 0 aliphatic carbocycles. The fraction of sp³-hybridized carbons (Fsp3) is 0.0833. The molecule has 2 heterocycles. The van der Waals surface area contributed by atoms with E-state index in [4.69, 9.17) is 18.9 Å². The molecule has 0 aromatic heterocycles. The Morgan fingerprint density at radius 3 is 2.75 bits per heavy atom. The van der Waals surface area contributed by atoms with E-state index in [1.807, 2.05) is 18.2 Å². The summed E-state index contributed by atoms with van der Waals surface area (Å²) in [5.41, 5.74) is 2.37. The standard InChI is InChI=1S/C24H14Br2O6/c25-15-7-13(23-14(8-15)11-29-12-30-23)9-21-22(27)18-6-5-16(10-20(18)32-21)31-24(28)17-3-1-2-4-19(17)26/h1-10H,11-12H2/b21-9-. The second-order valence-electron chi connectivity index (χ2n) is 7.06. The van der Waals surface area contributed by atoms with Gasteiger partial charge in [0.05, 0.1) is 17.7 Å². The Balaban J connectivity index is 1.42. The molecule has 8 heteroatoms. The average Bonchev–Trinajstić information content (AvgIpc) is 3.08. The van der Waals surface area contributed by atoms with E-state index in [-0.39, 0.29) is 24.1 Å². The van der Waals surface area contributed by atoms with Gasteiger partial charge in [0.1, 0.15) is 17.2 Å². The molecule has 2 aliphatic rings. The minimum Gasteiger partial charge on any atom is -0.467 e. The van der Waals surface area contributed by atoms with Crippen molar-refractivity contribution in [3.63, 3.8) is 0 Å². The summed E-state index contributed by atoms with van der Waals surface area (Å²) in [5.74, 6) is 0.639. The maximum atomic E-state index is 12.9. The number of allylic oxidation sites excluding steroid dienone is 1. The van der Waals surface area contributed by atoms with Gasteiger partial charge in [0.15, 0.2) is 12.6 Å². The summed E-state index contributed by atoms with van der Waals surface area (Å²) in [5, 5.41) is 0. The number of ketones is 1. The van der Waals surface area contributed by atoms with E-state index in [0.29, 0.717) is 39.3 Å². The van der Waals surface area contributed by atoms with Crippen molar-refractivity contribution < 1.29 is 28.5 Å². The number of halogens is 2. The molecule has 3 aromatic rings. The summed E-state index contributed by atoms with van der Waals surface area (Å²) >= 11 is 6.81. The third kappa shape index (κ3) is 3.97. The van der Waals surface area contributed by atoms with Crippen molar-refractivity contribution in [3.8, 4) is 17.2 Å². The van der Waals surface area contributed by atoms with Crippen molar-refractivity contribution in [1.29, 1.82) is 0 Å². The van der Waals surface area contributed by atoms with Gasteiger partial charge in [0.2, 0.25) is 5.78 Å². The lowest BCUT2D eigenvalue weighted by molar-refractivity contribution is -0.0165. The number of esters is 1. The number of hydrogen-bond acceptors (Lipinski definition) is 6. The van der Waals surface area contributed by atoms with Gasteiger partial charge in [-0.2, -0.15) is 0 Å². The van der Waals surface area contributed by atoms with Crippen LogP contribution in [-0.2, 0) is 11.3 Å². The van der Waals surface area contributed by atoms with Gasteiger partial charge in [0.25, 0.3) is 0 Å². The molecule has 0 N–H and O–H groups in total. The fourth-order valence-electron chi connectivity index (χ4n) is 3.48. The zero-order valence-electron chi connectivity index (χ0n) is 16.4. The molecule has 2 aliphatic heterocycles. The molecule has 0 spiro atoms. The van der Waals surface area contributed by atoms with E-state index in [0.717, 1.165) is 10.0 Å². The molecule has 0 bridgehead atoms. The number of benzene rings is 3. The number of carbonyl (C=O) groups is 2. The van der Waals surface area contributed by atoms with Crippen LogP contribution in [-0.4, -0.2) is 18.5 Å². The Bertz CT molecular complexity index is 1300. The zero-order valence-corrected chi connectivity index (χ0v) is 19.6. The molecule has 3 aromatic carbocycles. The van der Waals surface area contributed by atoms with Gasteiger partial charge >= 0.3 is 5.97 Å². The highest BCUT2D eigenvalue weighted by Gasteiger charge is 2.29. The molecule has 160 valence electrons. The Labute approximate surface area is 200 Å². The molecular formula is C24H14Br2O6. The third-order valence-electron chi connectivity index (χ3n) is 4.94. The zero-order chi connectivity index (χ0) is 22.2. The molecule has 0 fully saturated rings. The van der Waals surface area contributed by atoms with Crippen LogP contribution in [0.15, 0.2) is 69.3 Å². The number of fused-ring (bicyclic) bond motifs is 2. The summed E-state index contributed by atoms with van der Waals surface area (Å²) in [4.78, 5) is 25.3. The summed E-state index contributed by atoms with van der Waals surface area (Å²) in [6, 6.07) is 15.4. The van der Waals surface area contributed by atoms with Crippen LogP contribution in [0.2, 0.25) is 0 Å². The van der Waals surface area contributed by atoms with Crippen molar-refractivity contribution in [2.24, 2.45) is 0 Å². The minimum atomic E-state index is -0.516. The van der Waals surface area contributed by atoms with Gasteiger partial charge in [-0.25, -0.2) is 4.79 Å². The third-order valence-corrected chi connectivity index (χ3v) is 6.09. The molecule has 0 saturated carbocycles. The maximum Gasteiger partial charge on any atom is 0.344 e. The van der Waals surface area contributed by atoms with E-state index >= 15 is 0 Å². The van der Waals surface area contributed by atoms with Gasteiger partial charge in [-0.3, -0.25) is 4.79 Å². The van der Waals surface area contributed by atoms with E-state index in [1.54, 1.807) is 36.4 Å². The highest BCUT2D eigenvalue weighted by Crippen LogP contribution is 2.38. The fourth-order valence-corrected chi connectivity index (χ4v) is 4.45. The van der Waals surface area contributed by atoms with Gasteiger partial charge in [-0.1, -0.05) is 28.1 Å². The van der Waals surface area contributed by atoms with Crippen LogP contribution in [0, 0.1) is 0 Å². The van der Waals surface area contributed by atoms with E-state index < -0.39 is 5.97 Å². The lowest BCUT2D eigenvalue weighted by Crippen LogP contribution is -2.12. The van der Waals surface area contributed by atoms with Gasteiger partial charge < -0.3 is 18.9 Å². The first-order chi connectivity index (χ1) is 15.5. The van der Waals surface area contributed by atoms with Crippen LogP contribution >= 0.6 is 31.9 Å². The Morgan fingerprint density at radius 1 is 1.06 bits per heavy atom. The lowest BCUT2D eigenvalue weighted by Gasteiger charge is -2.20. The van der Waals surface area contributed by atoms with Crippen LogP contribution in [0.3, 0.4) is 0 Å². The second-order valence-corrected chi connectivity index (χ2v) is 8.83. The molecule has 5 rings (SSSR count). The first-order valence-corrected chi connectivity index (χ1v) is 11.2. The Morgan fingerprint density at radius 2 is 1.91 bits per heavy atom. The predicted octanol–water partition coefficient (Wildman–Crippen LogP) is 5.91. The van der Waals surface area contributed by atoms with Crippen molar-refractivity contribution in [2.45, 2.75) is 6.61 Å².